The lowest BCUT2D eigenvalue weighted by Gasteiger charge is -2.14. The summed E-state index contributed by atoms with van der Waals surface area (Å²) in [6, 6.07) is 12.1. The Morgan fingerprint density at radius 3 is 2.42 bits per heavy atom. The zero-order chi connectivity index (χ0) is 22.2. The maximum Gasteiger partial charge on any atom is 0.416 e. The highest BCUT2D eigenvalue weighted by atomic mass is 19.4. The Hall–Kier alpha value is -3.59. The summed E-state index contributed by atoms with van der Waals surface area (Å²) in [4.78, 5) is 13.1. The monoisotopic (exact) mass is 429 g/mol. The highest BCUT2D eigenvalue weighted by molar-refractivity contribution is 5.72. The number of halogens is 3. The number of rotatable bonds is 5. The average Bonchev–Trinajstić information content (AvgIpc) is 3.15. The van der Waals surface area contributed by atoms with Crippen LogP contribution < -0.4 is 10.3 Å². The molecule has 0 aliphatic heterocycles. The second kappa shape index (κ2) is 7.92. The van der Waals surface area contributed by atoms with Gasteiger partial charge in [0.2, 0.25) is 0 Å². The van der Waals surface area contributed by atoms with Crippen LogP contribution in [0, 0.1) is 0 Å². The van der Waals surface area contributed by atoms with E-state index in [0.29, 0.717) is 22.6 Å². The minimum atomic E-state index is -4.53. The van der Waals surface area contributed by atoms with Gasteiger partial charge in [-0.2, -0.15) is 18.3 Å². The smallest absolute Gasteiger partial charge is 0.416 e. The van der Waals surface area contributed by atoms with Gasteiger partial charge in [-0.05, 0) is 35.9 Å². The predicted octanol–water partition coefficient (Wildman–Crippen LogP) is 3.73. The zero-order valence-electron chi connectivity index (χ0n) is 16.4. The molecule has 0 bridgehead atoms. The van der Waals surface area contributed by atoms with E-state index in [0.717, 1.165) is 6.07 Å². The van der Waals surface area contributed by atoms with Crippen LogP contribution in [0.4, 0.5) is 13.2 Å². The molecule has 0 saturated carbocycles. The minimum Gasteiger partial charge on any atom is -0.497 e. The second-order valence-corrected chi connectivity index (χ2v) is 6.89. The molecule has 1 N–H and O–H groups in total. The molecule has 6 nitrogen and oxygen atoms in total. The van der Waals surface area contributed by atoms with Crippen LogP contribution in [-0.4, -0.2) is 26.4 Å². The minimum absolute atomic E-state index is 0.0260. The first-order valence-corrected chi connectivity index (χ1v) is 9.34. The number of nitrogens with zero attached hydrogens (tertiary/aromatic N) is 3. The first-order chi connectivity index (χ1) is 14.8. The van der Waals surface area contributed by atoms with Gasteiger partial charge in [0, 0.05) is 23.5 Å². The average molecular weight is 429 g/mol. The van der Waals surface area contributed by atoms with Gasteiger partial charge in [0.1, 0.15) is 11.3 Å². The lowest BCUT2D eigenvalue weighted by molar-refractivity contribution is -0.138. The number of aliphatic hydroxyl groups is 1. The Morgan fingerprint density at radius 1 is 1.06 bits per heavy atom. The fourth-order valence-corrected chi connectivity index (χ4v) is 3.52. The first kappa shape index (κ1) is 20.7. The summed E-state index contributed by atoms with van der Waals surface area (Å²) in [6.45, 7) is -0.720. The summed E-state index contributed by atoms with van der Waals surface area (Å²) in [7, 11) is 1.54. The van der Waals surface area contributed by atoms with Gasteiger partial charge in [-0.25, -0.2) is 4.52 Å². The summed E-state index contributed by atoms with van der Waals surface area (Å²) in [5.41, 5.74) is 0.126. The molecule has 0 unspecified atom stereocenters. The van der Waals surface area contributed by atoms with Crippen molar-refractivity contribution in [3.63, 3.8) is 0 Å². The quantitative estimate of drug-likeness (QED) is 0.525. The molecule has 4 aromatic rings. The van der Waals surface area contributed by atoms with Crippen molar-refractivity contribution in [2.75, 3.05) is 7.11 Å². The molecule has 0 radical (unpaired) electrons. The normalized spacial score (nSPS) is 11.8. The van der Waals surface area contributed by atoms with Crippen molar-refractivity contribution in [1.29, 1.82) is 0 Å². The summed E-state index contributed by atoms with van der Waals surface area (Å²) in [5.74, 6) is 0.642. The second-order valence-electron chi connectivity index (χ2n) is 6.89. The van der Waals surface area contributed by atoms with Crippen LogP contribution in [0.5, 0.6) is 5.75 Å². The van der Waals surface area contributed by atoms with Gasteiger partial charge in [0.25, 0.3) is 5.56 Å². The Balaban J connectivity index is 1.82. The highest BCUT2D eigenvalue weighted by Gasteiger charge is 2.33. The molecule has 2 aromatic carbocycles. The molecule has 2 aromatic heterocycles. The Labute approximate surface area is 174 Å². The molecule has 9 heteroatoms. The van der Waals surface area contributed by atoms with Crippen LogP contribution in [0.25, 0.3) is 16.8 Å². The summed E-state index contributed by atoms with van der Waals surface area (Å²) in [6.07, 6.45) is -1.66. The van der Waals surface area contributed by atoms with E-state index in [1.165, 1.54) is 39.7 Å². The SMILES string of the molecule is COc1ccc(-c2nn3ccn(Cc4ccccc4C(F)(F)F)c(=O)c3c2CO)cc1. The van der Waals surface area contributed by atoms with Crippen molar-refractivity contribution in [2.24, 2.45) is 0 Å². The molecule has 0 saturated heterocycles. The third-order valence-corrected chi connectivity index (χ3v) is 5.04. The number of aromatic nitrogens is 3. The van der Waals surface area contributed by atoms with Crippen LogP contribution in [0.3, 0.4) is 0 Å². The molecule has 0 atom stereocenters. The first-order valence-electron chi connectivity index (χ1n) is 9.34. The number of fused-ring (bicyclic) bond motifs is 1. The number of hydrogen-bond acceptors (Lipinski definition) is 4. The van der Waals surface area contributed by atoms with E-state index in [-0.39, 0.29) is 17.6 Å². The van der Waals surface area contributed by atoms with Crippen LogP contribution >= 0.6 is 0 Å². The molecule has 0 aliphatic carbocycles. The number of benzene rings is 2. The summed E-state index contributed by atoms with van der Waals surface area (Å²) < 4.78 is 47.6. The number of methoxy groups -OCH3 is 1. The standard InChI is InChI=1S/C22H18F3N3O3/c1-31-16-8-6-14(7-9-16)19-17(13-29)20-21(30)27(10-11-28(20)26-19)12-15-4-2-3-5-18(15)22(23,24)25/h2-11,29H,12-13H2,1H3. The molecule has 2 heterocycles. The van der Waals surface area contributed by atoms with Crippen LogP contribution in [0.1, 0.15) is 16.7 Å². The van der Waals surface area contributed by atoms with E-state index in [9.17, 15) is 23.1 Å². The van der Waals surface area contributed by atoms with Gasteiger partial charge in [0.15, 0.2) is 0 Å². The summed E-state index contributed by atoms with van der Waals surface area (Å²) >= 11 is 0. The van der Waals surface area contributed by atoms with Crippen LogP contribution in [0.2, 0.25) is 0 Å². The maximum absolute atomic E-state index is 13.3. The zero-order valence-corrected chi connectivity index (χ0v) is 16.4. The van der Waals surface area contributed by atoms with Crippen molar-refractivity contribution < 1.29 is 23.0 Å². The van der Waals surface area contributed by atoms with Crippen molar-refractivity contribution in [1.82, 2.24) is 14.2 Å². The molecule has 31 heavy (non-hydrogen) atoms. The number of ether oxygens (including phenoxy) is 1. The van der Waals surface area contributed by atoms with Gasteiger partial charge in [-0.1, -0.05) is 18.2 Å². The van der Waals surface area contributed by atoms with E-state index in [4.69, 9.17) is 4.74 Å². The van der Waals surface area contributed by atoms with Crippen molar-refractivity contribution in [3.05, 3.63) is 88.0 Å². The van der Waals surface area contributed by atoms with Crippen LogP contribution in [-0.2, 0) is 19.3 Å². The van der Waals surface area contributed by atoms with E-state index in [2.05, 4.69) is 5.10 Å². The molecule has 4 rings (SSSR count). The fourth-order valence-electron chi connectivity index (χ4n) is 3.52. The lowest BCUT2D eigenvalue weighted by Crippen LogP contribution is -2.24. The van der Waals surface area contributed by atoms with Gasteiger partial charge in [0.05, 0.1) is 31.5 Å². The predicted molar refractivity (Wildman–Crippen MR) is 108 cm³/mol. The molecule has 0 spiro atoms. The molecule has 160 valence electrons. The highest BCUT2D eigenvalue weighted by Crippen LogP contribution is 2.32. The van der Waals surface area contributed by atoms with Gasteiger partial charge >= 0.3 is 6.18 Å². The van der Waals surface area contributed by atoms with E-state index >= 15 is 0 Å². The number of alkyl halides is 3. The third-order valence-electron chi connectivity index (χ3n) is 5.04. The summed E-state index contributed by atoms with van der Waals surface area (Å²) in [5, 5.41) is 14.3. The van der Waals surface area contributed by atoms with Crippen LogP contribution in [0.15, 0.2) is 65.7 Å². The van der Waals surface area contributed by atoms with Gasteiger partial charge in [-0.3, -0.25) is 4.79 Å². The Morgan fingerprint density at radius 2 is 1.77 bits per heavy atom. The topological polar surface area (TPSA) is 68.8 Å². The van der Waals surface area contributed by atoms with E-state index in [1.807, 2.05) is 0 Å². The van der Waals surface area contributed by atoms with Gasteiger partial charge in [-0.15, -0.1) is 0 Å². The Kier molecular flexibility index (Phi) is 5.28. The lowest BCUT2D eigenvalue weighted by atomic mass is 10.1. The van der Waals surface area contributed by atoms with Crippen molar-refractivity contribution in [2.45, 2.75) is 19.3 Å². The molecule has 0 aliphatic rings. The number of hydrogen-bond donors (Lipinski definition) is 1. The number of aliphatic hydroxyl groups excluding tert-OH is 1. The van der Waals surface area contributed by atoms with Gasteiger partial charge < -0.3 is 14.4 Å². The van der Waals surface area contributed by atoms with E-state index in [1.54, 1.807) is 31.4 Å². The molecular weight excluding hydrogens is 411 g/mol. The van der Waals surface area contributed by atoms with Crippen molar-refractivity contribution >= 4 is 5.52 Å². The molecular formula is C22H18F3N3O3. The third kappa shape index (κ3) is 3.79. The molecule has 0 fully saturated rings. The maximum atomic E-state index is 13.3. The largest absolute Gasteiger partial charge is 0.497 e. The fraction of sp³-hybridized carbons (Fsp3) is 0.182. The van der Waals surface area contributed by atoms with Crippen molar-refractivity contribution in [3.8, 4) is 17.0 Å². The molecule has 0 amide bonds. The van der Waals surface area contributed by atoms with E-state index < -0.39 is 23.9 Å². The Bertz CT molecular complexity index is 1290.